The molecule has 0 amide bonds. The van der Waals surface area contributed by atoms with Crippen LogP contribution in [0.25, 0.3) is 27.1 Å². The zero-order chi connectivity index (χ0) is 14.4. The van der Waals surface area contributed by atoms with E-state index in [0.717, 1.165) is 27.2 Å². The highest BCUT2D eigenvalue weighted by Crippen LogP contribution is 2.25. The van der Waals surface area contributed by atoms with E-state index in [1.807, 2.05) is 35.7 Å². The molecule has 4 aromatic rings. The van der Waals surface area contributed by atoms with Crippen molar-refractivity contribution in [3.8, 4) is 17.0 Å². The van der Waals surface area contributed by atoms with Crippen molar-refractivity contribution in [1.82, 2.24) is 14.4 Å². The summed E-state index contributed by atoms with van der Waals surface area (Å²) < 4.78 is 6.70. The molecule has 0 aliphatic rings. The number of aromatic nitrogens is 3. The second-order valence-electron chi connectivity index (χ2n) is 4.64. The number of rotatable bonds is 2. The van der Waals surface area contributed by atoms with Gasteiger partial charge in [-0.05, 0) is 35.7 Å². The first-order valence-electron chi connectivity index (χ1n) is 6.39. The lowest BCUT2D eigenvalue weighted by Crippen LogP contribution is -2.14. The molecule has 4 rings (SSSR count). The van der Waals surface area contributed by atoms with Crippen LogP contribution in [0, 0.1) is 0 Å². The SMILES string of the molecule is COc1ccc(-c2cn3c(=O)[nH]c4sccc4c3n2)cc1. The van der Waals surface area contributed by atoms with Gasteiger partial charge in [-0.2, -0.15) is 0 Å². The Kier molecular flexibility index (Phi) is 2.58. The Morgan fingerprint density at radius 3 is 2.81 bits per heavy atom. The number of nitrogens with zero attached hydrogens (tertiary/aromatic N) is 2. The summed E-state index contributed by atoms with van der Waals surface area (Å²) in [6.45, 7) is 0. The van der Waals surface area contributed by atoms with Crippen molar-refractivity contribution in [2.24, 2.45) is 0 Å². The summed E-state index contributed by atoms with van der Waals surface area (Å²) in [5, 5.41) is 2.90. The number of hydrogen-bond acceptors (Lipinski definition) is 4. The third-order valence-electron chi connectivity index (χ3n) is 3.44. The van der Waals surface area contributed by atoms with Gasteiger partial charge in [-0.15, -0.1) is 11.3 Å². The maximum absolute atomic E-state index is 12.1. The number of aromatic amines is 1. The maximum atomic E-state index is 12.1. The molecule has 0 saturated carbocycles. The fourth-order valence-electron chi connectivity index (χ4n) is 2.37. The predicted molar refractivity (Wildman–Crippen MR) is 83.2 cm³/mol. The van der Waals surface area contributed by atoms with Crippen molar-refractivity contribution in [1.29, 1.82) is 0 Å². The van der Waals surface area contributed by atoms with Crippen LogP contribution in [0.1, 0.15) is 0 Å². The normalized spacial score (nSPS) is 11.3. The van der Waals surface area contributed by atoms with E-state index in [4.69, 9.17) is 4.74 Å². The first kappa shape index (κ1) is 12.2. The van der Waals surface area contributed by atoms with Gasteiger partial charge in [-0.3, -0.25) is 9.38 Å². The number of ether oxygens (including phenoxy) is 1. The van der Waals surface area contributed by atoms with Crippen LogP contribution in [0.2, 0.25) is 0 Å². The molecule has 21 heavy (non-hydrogen) atoms. The van der Waals surface area contributed by atoms with Crippen LogP contribution >= 0.6 is 11.3 Å². The van der Waals surface area contributed by atoms with Crippen molar-refractivity contribution in [2.45, 2.75) is 0 Å². The molecule has 0 bridgehead atoms. The number of hydrogen-bond donors (Lipinski definition) is 1. The smallest absolute Gasteiger partial charge is 0.332 e. The molecule has 5 nitrogen and oxygen atoms in total. The molecule has 0 spiro atoms. The van der Waals surface area contributed by atoms with Gasteiger partial charge in [-0.25, -0.2) is 9.78 Å². The second kappa shape index (κ2) is 4.46. The quantitative estimate of drug-likeness (QED) is 0.619. The summed E-state index contributed by atoms with van der Waals surface area (Å²) in [6.07, 6.45) is 1.76. The van der Waals surface area contributed by atoms with Gasteiger partial charge in [0.1, 0.15) is 10.6 Å². The van der Waals surface area contributed by atoms with E-state index in [9.17, 15) is 4.79 Å². The molecule has 0 atom stereocenters. The maximum Gasteiger partial charge on any atom is 0.332 e. The number of H-pyrrole nitrogens is 1. The van der Waals surface area contributed by atoms with Crippen molar-refractivity contribution >= 4 is 27.2 Å². The van der Waals surface area contributed by atoms with Gasteiger partial charge < -0.3 is 4.74 Å². The predicted octanol–water partition coefficient (Wildman–Crippen LogP) is 2.91. The lowest BCUT2D eigenvalue weighted by atomic mass is 10.2. The third-order valence-corrected chi connectivity index (χ3v) is 4.27. The molecule has 0 saturated heterocycles. The Bertz CT molecular complexity index is 995. The number of thiophene rings is 1. The summed E-state index contributed by atoms with van der Waals surface area (Å²) in [5.41, 5.74) is 2.22. The molecule has 3 heterocycles. The molecule has 0 fully saturated rings. The van der Waals surface area contributed by atoms with Crippen LogP contribution in [-0.2, 0) is 0 Å². The molecule has 104 valence electrons. The molecule has 6 heteroatoms. The van der Waals surface area contributed by atoms with Gasteiger partial charge >= 0.3 is 5.69 Å². The molecule has 0 unspecified atom stereocenters. The average Bonchev–Trinajstić information content (AvgIpc) is 3.13. The zero-order valence-electron chi connectivity index (χ0n) is 11.2. The summed E-state index contributed by atoms with van der Waals surface area (Å²) in [4.78, 5) is 20.4. The monoisotopic (exact) mass is 297 g/mol. The van der Waals surface area contributed by atoms with Crippen LogP contribution in [0.4, 0.5) is 0 Å². The van der Waals surface area contributed by atoms with Crippen LogP contribution < -0.4 is 10.4 Å². The van der Waals surface area contributed by atoms with Crippen molar-refractivity contribution < 1.29 is 4.74 Å². The summed E-state index contributed by atoms with van der Waals surface area (Å²) >= 11 is 1.50. The van der Waals surface area contributed by atoms with Gasteiger partial charge in [-0.1, -0.05) is 0 Å². The van der Waals surface area contributed by atoms with Gasteiger partial charge in [0, 0.05) is 11.8 Å². The van der Waals surface area contributed by atoms with Crippen LogP contribution in [0.5, 0.6) is 5.75 Å². The molecule has 0 aliphatic carbocycles. The lowest BCUT2D eigenvalue weighted by molar-refractivity contribution is 0.415. The van der Waals surface area contributed by atoms with E-state index >= 15 is 0 Å². The number of nitrogens with one attached hydrogen (secondary N) is 1. The molecule has 1 aromatic carbocycles. The Hall–Kier alpha value is -2.60. The largest absolute Gasteiger partial charge is 0.497 e. The van der Waals surface area contributed by atoms with E-state index in [0.29, 0.717) is 5.65 Å². The second-order valence-corrected chi connectivity index (χ2v) is 5.56. The van der Waals surface area contributed by atoms with E-state index in [-0.39, 0.29) is 5.69 Å². The van der Waals surface area contributed by atoms with E-state index in [2.05, 4.69) is 9.97 Å². The highest BCUT2D eigenvalue weighted by atomic mass is 32.1. The summed E-state index contributed by atoms with van der Waals surface area (Å²) in [7, 11) is 1.63. The van der Waals surface area contributed by atoms with Crippen molar-refractivity contribution in [3.63, 3.8) is 0 Å². The Labute approximate surface area is 123 Å². The fraction of sp³-hybridized carbons (Fsp3) is 0.0667. The molecule has 0 aliphatic heterocycles. The minimum absolute atomic E-state index is 0.174. The first-order valence-corrected chi connectivity index (χ1v) is 7.27. The summed E-state index contributed by atoms with van der Waals surface area (Å²) in [5.74, 6) is 0.792. The molecule has 0 radical (unpaired) electrons. The van der Waals surface area contributed by atoms with E-state index in [1.54, 1.807) is 17.7 Å². The number of imidazole rings is 1. The molecular weight excluding hydrogens is 286 g/mol. The fourth-order valence-corrected chi connectivity index (χ4v) is 3.14. The van der Waals surface area contributed by atoms with E-state index < -0.39 is 0 Å². The Morgan fingerprint density at radius 2 is 2.05 bits per heavy atom. The highest BCUT2D eigenvalue weighted by molar-refractivity contribution is 7.16. The Morgan fingerprint density at radius 1 is 1.24 bits per heavy atom. The molecular formula is C15H11N3O2S. The average molecular weight is 297 g/mol. The first-order chi connectivity index (χ1) is 10.3. The zero-order valence-corrected chi connectivity index (χ0v) is 12.0. The van der Waals surface area contributed by atoms with Gasteiger partial charge in [0.05, 0.1) is 18.2 Å². The van der Waals surface area contributed by atoms with Crippen LogP contribution in [0.3, 0.4) is 0 Å². The standard InChI is InChI=1S/C15H11N3O2S/c1-20-10-4-2-9(3-5-10)12-8-18-13(16-12)11-6-7-21-14(11)17-15(18)19/h2-8H,1H3,(H,17,19). The van der Waals surface area contributed by atoms with Crippen molar-refractivity contribution in [3.05, 3.63) is 52.4 Å². The van der Waals surface area contributed by atoms with Crippen LogP contribution in [0.15, 0.2) is 46.7 Å². The minimum atomic E-state index is -0.174. The van der Waals surface area contributed by atoms with Crippen LogP contribution in [-0.4, -0.2) is 21.5 Å². The minimum Gasteiger partial charge on any atom is -0.497 e. The Balaban J connectivity index is 1.97. The molecule has 3 aromatic heterocycles. The molecule has 1 N–H and O–H groups in total. The van der Waals surface area contributed by atoms with Gasteiger partial charge in [0.2, 0.25) is 0 Å². The third kappa shape index (κ3) is 1.84. The van der Waals surface area contributed by atoms with Crippen molar-refractivity contribution in [2.75, 3.05) is 7.11 Å². The number of methoxy groups -OCH3 is 1. The summed E-state index contributed by atoms with van der Waals surface area (Å²) in [6, 6.07) is 9.59. The van der Waals surface area contributed by atoms with Gasteiger partial charge in [0.25, 0.3) is 0 Å². The van der Waals surface area contributed by atoms with Gasteiger partial charge in [0.15, 0.2) is 5.65 Å². The number of fused-ring (bicyclic) bond motifs is 3. The highest BCUT2D eigenvalue weighted by Gasteiger charge is 2.11. The topological polar surface area (TPSA) is 59.4 Å². The number of benzene rings is 1. The van der Waals surface area contributed by atoms with E-state index in [1.165, 1.54) is 11.3 Å². The lowest BCUT2D eigenvalue weighted by Gasteiger charge is -1.99.